The Bertz CT molecular complexity index is 1520. The summed E-state index contributed by atoms with van der Waals surface area (Å²) in [6.07, 6.45) is 3.95. The van der Waals surface area contributed by atoms with Crippen molar-refractivity contribution in [3.8, 4) is 5.75 Å². The second-order valence-electron chi connectivity index (χ2n) is 10.9. The van der Waals surface area contributed by atoms with Crippen LogP contribution in [0.4, 0.5) is 30.6 Å². The first kappa shape index (κ1) is 32.9. The summed E-state index contributed by atoms with van der Waals surface area (Å²) in [6.45, 7) is 1.00. The van der Waals surface area contributed by atoms with Gasteiger partial charge < -0.3 is 30.3 Å². The number of carboxylic acids is 1. The van der Waals surface area contributed by atoms with E-state index in [1.165, 1.54) is 24.9 Å². The molecule has 1 aliphatic carbocycles. The van der Waals surface area contributed by atoms with E-state index in [4.69, 9.17) is 4.74 Å². The fraction of sp³-hybridized carbons (Fsp3) is 0.333. The van der Waals surface area contributed by atoms with Crippen LogP contribution in [0.25, 0.3) is 0 Å². The van der Waals surface area contributed by atoms with Crippen LogP contribution in [-0.4, -0.2) is 55.7 Å². The highest BCUT2D eigenvalue weighted by Crippen LogP contribution is 2.33. The van der Waals surface area contributed by atoms with Crippen molar-refractivity contribution >= 4 is 40.9 Å². The molecule has 12 heteroatoms. The van der Waals surface area contributed by atoms with Crippen molar-refractivity contribution in [2.24, 2.45) is 5.92 Å². The Balaban J connectivity index is 1.45. The van der Waals surface area contributed by atoms with Crippen LogP contribution in [-0.2, 0) is 14.4 Å². The van der Waals surface area contributed by atoms with Crippen LogP contribution < -0.4 is 25.2 Å². The zero-order valence-corrected chi connectivity index (χ0v) is 25.1. The number of urea groups is 1. The molecule has 0 aliphatic heterocycles. The molecule has 1 saturated carbocycles. The first-order valence-electron chi connectivity index (χ1n) is 14.7. The number of nitrogens with zero attached hydrogens (tertiary/aromatic N) is 2. The van der Waals surface area contributed by atoms with Gasteiger partial charge in [-0.05, 0) is 67.6 Å². The van der Waals surface area contributed by atoms with Gasteiger partial charge in [-0.2, -0.15) is 0 Å². The van der Waals surface area contributed by atoms with Gasteiger partial charge in [0, 0.05) is 19.3 Å². The van der Waals surface area contributed by atoms with E-state index in [0.717, 1.165) is 42.7 Å². The lowest BCUT2D eigenvalue weighted by Crippen LogP contribution is -2.43. The maximum absolute atomic E-state index is 14.2. The van der Waals surface area contributed by atoms with Crippen molar-refractivity contribution in [1.29, 1.82) is 0 Å². The van der Waals surface area contributed by atoms with E-state index in [-0.39, 0.29) is 18.2 Å². The summed E-state index contributed by atoms with van der Waals surface area (Å²) in [5, 5.41) is 14.5. The number of para-hydroxylation sites is 3. The van der Waals surface area contributed by atoms with Crippen molar-refractivity contribution in [3.05, 3.63) is 83.9 Å². The van der Waals surface area contributed by atoms with Gasteiger partial charge in [0.2, 0.25) is 5.91 Å². The second-order valence-corrected chi connectivity index (χ2v) is 10.9. The molecular formula is C33H36F2N4O6. The third-order valence-electron chi connectivity index (χ3n) is 7.79. The van der Waals surface area contributed by atoms with Crippen molar-refractivity contribution in [2.45, 2.75) is 38.5 Å². The lowest BCUT2D eigenvalue weighted by molar-refractivity contribution is -0.138. The number of anilines is 3. The van der Waals surface area contributed by atoms with Gasteiger partial charge in [0.1, 0.15) is 23.1 Å². The Morgan fingerprint density at radius 1 is 0.956 bits per heavy atom. The van der Waals surface area contributed by atoms with Gasteiger partial charge in [-0.25, -0.2) is 13.6 Å². The molecule has 45 heavy (non-hydrogen) atoms. The van der Waals surface area contributed by atoms with Gasteiger partial charge in [0.15, 0.2) is 6.61 Å². The number of amides is 4. The maximum atomic E-state index is 14.2. The van der Waals surface area contributed by atoms with E-state index >= 15 is 0 Å². The number of benzene rings is 3. The maximum Gasteiger partial charge on any atom is 0.319 e. The fourth-order valence-electron chi connectivity index (χ4n) is 5.21. The van der Waals surface area contributed by atoms with Crippen molar-refractivity contribution in [2.75, 3.05) is 41.9 Å². The Kier molecular flexibility index (Phi) is 11.1. The van der Waals surface area contributed by atoms with Crippen molar-refractivity contribution in [1.82, 2.24) is 5.32 Å². The minimum atomic E-state index is -0.996. The Morgan fingerprint density at radius 3 is 2.31 bits per heavy atom. The molecule has 0 radical (unpaired) electrons. The predicted octanol–water partition coefficient (Wildman–Crippen LogP) is 5.54. The van der Waals surface area contributed by atoms with Crippen LogP contribution in [0.2, 0.25) is 0 Å². The normalized spacial score (nSPS) is 13.5. The second kappa shape index (κ2) is 15.1. The van der Waals surface area contributed by atoms with Gasteiger partial charge in [-0.15, -0.1) is 0 Å². The number of carbonyl (C=O) groups excluding carboxylic acids is 3. The molecule has 0 saturated heterocycles. The summed E-state index contributed by atoms with van der Waals surface area (Å²) < 4.78 is 34.3. The summed E-state index contributed by atoms with van der Waals surface area (Å²) in [7, 11) is 1.24. The van der Waals surface area contributed by atoms with Crippen LogP contribution in [0.5, 0.6) is 5.75 Å². The molecule has 238 valence electrons. The van der Waals surface area contributed by atoms with E-state index in [9.17, 15) is 33.1 Å². The van der Waals surface area contributed by atoms with Gasteiger partial charge in [-0.3, -0.25) is 14.4 Å². The summed E-state index contributed by atoms with van der Waals surface area (Å²) >= 11 is 0. The molecule has 0 spiro atoms. The van der Waals surface area contributed by atoms with Crippen LogP contribution in [0.3, 0.4) is 0 Å². The molecule has 3 aromatic rings. The van der Waals surface area contributed by atoms with Crippen LogP contribution in [0.15, 0.2) is 66.7 Å². The third-order valence-corrected chi connectivity index (χ3v) is 7.79. The molecule has 3 N–H and O–H groups in total. The molecule has 1 atom stereocenters. The van der Waals surface area contributed by atoms with Gasteiger partial charge in [0.05, 0.1) is 18.2 Å². The van der Waals surface area contributed by atoms with Crippen molar-refractivity contribution < 1.29 is 37.8 Å². The number of nitrogens with one attached hydrogen (secondary N) is 2. The largest absolute Gasteiger partial charge is 0.482 e. The number of hydrogen-bond acceptors (Lipinski definition) is 5. The highest BCUT2D eigenvalue weighted by molar-refractivity contribution is 6.00. The summed E-state index contributed by atoms with van der Waals surface area (Å²) in [6, 6.07) is 15.7. The molecule has 1 fully saturated rings. The molecule has 0 heterocycles. The molecule has 0 aromatic heterocycles. The van der Waals surface area contributed by atoms with Crippen molar-refractivity contribution in [3.63, 3.8) is 0 Å². The van der Waals surface area contributed by atoms with E-state index in [0.29, 0.717) is 23.5 Å². The number of hydrogen-bond donors (Lipinski definition) is 3. The minimum absolute atomic E-state index is 0.216. The van der Waals surface area contributed by atoms with Crippen LogP contribution in [0.1, 0.15) is 44.1 Å². The van der Waals surface area contributed by atoms with Crippen LogP contribution >= 0.6 is 0 Å². The quantitative estimate of drug-likeness (QED) is 0.243. The van der Waals surface area contributed by atoms with Gasteiger partial charge in [0.25, 0.3) is 5.91 Å². The predicted molar refractivity (Wildman–Crippen MR) is 166 cm³/mol. The summed E-state index contributed by atoms with van der Waals surface area (Å²) in [4.78, 5) is 52.8. The zero-order chi connectivity index (χ0) is 32.5. The first-order chi connectivity index (χ1) is 21.5. The highest BCUT2D eigenvalue weighted by atomic mass is 19.1. The average molecular weight is 623 g/mol. The number of aliphatic carboxylic acids is 1. The standard InChI is InChI=1S/C33H36F2N4O6/c1-21(32(42)43)23-11-7-12-24(17-23)37-33(44)36-18-29(40)39(19-22-9-3-4-10-22)27-15-5-6-16-28(27)45-20-30(41)38(2)31-25(34)13-8-14-26(31)35/h5-8,11-17,21-22H,3-4,9-10,18-20H2,1-2H3,(H,42,43)(H2,36,37,44). The third kappa shape index (κ3) is 8.55. The molecule has 4 amide bonds. The number of rotatable bonds is 12. The topological polar surface area (TPSA) is 128 Å². The summed E-state index contributed by atoms with van der Waals surface area (Å²) in [5.41, 5.74) is 0.779. The minimum Gasteiger partial charge on any atom is -0.482 e. The van der Waals surface area contributed by atoms with E-state index in [1.807, 2.05) is 0 Å². The lowest BCUT2D eigenvalue weighted by Gasteiger charge is -2.28. The average Bonchev–Trinajstić information content (AvgIpc) is 3.54. The lowest BCUT2D eigenvalue weighted by atomic mass is 10.0. The smallest absolute Gasteiger partial charge is 0.319 e. The SMILES string of the molecule is CC(C(=O)O)c1cccc(NC(=O)NCC(=O)N(CC2CCCC2)c2ccccc2OCC(=O)N(C)c2c(F)cccc2F)c1. The molecule has 4 rings (SSSR count). The molecule has 1 unspecified atom stereocenters. The number of halogens is 2. The number of likely N-dealkylation sites (N-methyl/N-ethyl adjacent to an activating group) is 1. The van der Waals surface area contributed by atoms with E-state index < -0.39 is 53.7 Å². The Hall–Kier alpha value is -5.00. The zero-order valence-electron chi connectivity index (χ0n) is 25.1. The fourth-order valence-corrected chi connectivity index (χ4v) is 5.21. The molecular weight excluding hydrogens is 586 g/mol. The Labute approximate surface area is 260 Å². The molecule has 1 aliphatic rings. The number of carbonyl (C=O) groups is 4. The Morgan fingerprint density at radius 2 is 1.62 bits per heavy atom. The van der Waals surface area contributed by atoms with Crippen LogP contribution in [0, 0.1) is 17.6 Å². The highest BCUT2D eigenvalue weighted by Gasteiger charge is 2.27. The van der Waals surface area contributed by atoms with E-state index in [1.54, 1.807) is 48.5 Å². The van der Waals surface area contributed by atoms with E-state index in [2.05, 4.69) is 10.6 Å². The summed E-state index contributed by atoms with van der Waals surface area (Å²) in [5.74, 6) is -4.22. The molecule has 0 bridgehead atoms. The monoisotopic (exact) mass is 622 g/mol. The number of ether oxygens (including phenoxy) is 1. The number of carboxylic acid groups (broad SMARTS) is 1. The first-order valence-corrected chi connectivity index (χ1v) is 14.7. The molecule has 10 nitrogen and oxygen atoms in total. The van der Waals surface area contributed by atoms with Gasteiger partial charge >= 0.3 is 12.0 Å². The van der Waals surface area contributed by atoms with Gasteiger partial charge in [-0.1, -0.05) is 43.2 Å². The molecule has 3 aromatic carbocycles.